The van der Waals surface area contributed by atoms with E-state index in [0.717, 1.165) is 35.9 Å². The van der Waals surface area contributed by atoms with Crippen LogP contribution < -0.4 is 5.32 Å². The molecule has 1 aromatic heterocycles. The first kappa shape index (κ1) is 13.1. The van der Waals surface area contributed by atoms with Gasteiger partial charge in [0.25, 0.3) is 0 Å². The van der Waals surface area contributed by atoms with E-state index in [-0.39, 0.29) is 0 Å². The predicted molar refractivity (Wildman–Crippen MR) is 75.7 cm³/mol. The molecule has 0 spiro atoms. The normalized spacial score (nSPS) is 10.8. The lowest BCUT2D eigenvalue weighted by Crippen LogP contribution is -2.08. The van der Waals surface area contributed by atoms with Crippen LogP contribution in [0.4, 0.5) is 0 Å². The number of imidazole rings is 1. The zero-order valence-corrected chi connectivity index (χ0v) is 11.5. The molecule has 4 heteroatoms. The van der Waals surface area contributed by atoms with Crippen molar-refractivity contribution in [1.82, 2.24) is 14.9 Å². The Morgan fingerprint density at radius 1 is 1.39 bits per heavy atom. The zero-order chi connectivity index (χ0) is 13.0. The number of nitrogens with one attached hydrogen (secondary N) is 1. The molecule has 0 unspecified atom stereocenters. The number of benzene rings is 1. The Bertz CT molecular complexity index is 520. The summed E-state index contributed by atoms with van der Waals surface area (Å²) in [5.41, 5.74) is 2.32. The van der Waals surface area contributed by atoms with Crippen LogP contribution in [0.2, 0.25) is 5.02 Å². The van der Waals surface area contributed by atoms with E-state index in [1.54, 1.807) is 0 Å². The summed E-state index contributed by atoms with van der Waals surface area (Å²) < 4.78 is 2.17. The van der Waals surface area contributed by atoms with E-state index in [1.807, 2.05) is 31.6 Å². The number of hydrogen-bond acceptors (Lipinski definition) is 2. The summed E-state index contributed by atoms with van der Waals surface area (Å²) in [6, 6.07) is 5.96. The van der Waals surface area contributed by atoms with Crippen LogP contribution in [0.25, 0.3) is 11.4 Å². The maximum atomic E-state index is 6.11. The van der Waals surface area contributed by atoms with Crippen LogP contribution >= 0.6 is 11.6 Å². The second-order valence-electron chi connectivity index (χ2n) is 4.28. The third-order valence-electron chi connectivity index (χ3n) is 2.86. The smallest absolute Gasteiger partial charge is 0.140 e. The van der Waals surface area contributed by atoms with Gasteiger partial charge in [0.2, 0.25) is 0 Å². The Labute approximate surface area is 113 Å². The molecule has 0 aliphatic rings. The molecule has 96 valence electrons. The number of halogens is 1. The molecule has 0 fully saturated rings. The maximum absolute atomic E-state index is 6.11. The predicted octanol–water partition coefficient (Wildman–Crippen LogP) is 3.33. The van der Waals surface area contributed by atoms with Crippen molar-refractivity contribution >= 4 is 11.6 Å². The summed E-state index contributed by atoms with van der Waals surface area (Å²) in [6.45, 7) is 3.95. The van der Waals surface area contributed by atoms with Crippen LogP contribution in [-0.2, 0) is 13.1 Å². The van der Waals surface area contributed by atoms with Gasteiger partial charge in [-0.2, -0.15) is 0 Å². The number of aromatic nitrogens is 2. The number of aryl methyl sites for hydroxylation is 1. The molecule has 0 aliphatic heterocycles. The molecule has 18 heavy (non-hydrogen) atoms. The van der Waals surface area contributed by atoms with E-state index in [0.29, 0.717) is 0 Å². The van der Waals surface area contributed by atoms with Crippen molar-refractivity contribution in [1.29, 1.82) is 0 Å². The summed E-state index contributed by atoms with van der Waals surface area (Å²) in [4.78, 5) is 4.47. The first-order valence-electron chi connectivity index (χ1n) is 6.20. The highest BCUT2D eigenvalue weighted by atomic mass is 35.5. The molecule has 3 nitrogen and oxygen atoms in total. The van der Waals surface area contributed by atoms with Crippen molar-refractivity contribution in [2.45, 2.75) is 26.4 Å². The van der Waals surface area contributed by atoms with Crippen LogP contribution in [0.1, 0.15) is 18.9 Å². The van der Waals surface area contributed by atoms with Crippen molar-refractivity contribution in [2.75, 3.05) is 7.05 Å². The molecule has 2 rings (SSSR count). The molecule has 0 saturated heterocycles. The van der Waals surface area contributed by atoms with E-state index in [2.05, 4.69) is 27.9 Å². The summed E-state index contributed by atoms with van der Waals surface area (Å²) >= 11 is 6.11. The number of hydrogen-bond donors (Lipinski definition) is 1. The van der Waals surface area contributed by atoms with Gasteiger partial charge in [-0.3, -0.25) is 0 Å². The van der Waals surface area contributed by atoms with Crippen LogP contribution in [-0.4, -0.2) is 16.6 Å². The Balaban J connectivity index is 2.47. The molecule has 0 bridgehead atoms. The SMILES string of the molecule is CCCn1ccnc1-c1cc(Cl)ccc1CNC. The highest BCUT2D eigenvalue weighted by molar-refractivity contribution is 6.30. The molecular weight excluding hydrogens is 246 g/mol. The van der Waals surface area contributed by atoms with Gasteiger partial charge >= 0.3 is 0 Å². The Morgan fingerprint density at radius 3 is 2.94 bits per heavy atom. The van der Waals surface area contributed by atoms with Gasteiger partial charge in [-0.1, -0.05) is 24.6 Å². The van der Waals surface area contributed by atoms with Gasteiger partial charge in [-0.15, -0.1) is 0 Å². The average Bonchev–Trinajstić information content (AvgIpc) is 2.80. The van der Waals surface area contributed by atoms with E-state index < -0.39 is 0 Å². The first-order chi connectivity index (χ1) is 8.76. The summed E-state index contributed by atoms with van der Waals surface area (Å²) in [7, 11) is 1.94. The lowest BCUT2D eigenvalue weighted by atomic mass is 10.1. The highest BCUT2D eigenvalue weighted by Crippen LogP contribution is 2.26. The zero-order valence-electron chi connectivity index (χ0n) is 10.8. The molecule has 1 heterocycles. The number of nitrogens with zero attached hydrogens (tertiary/aromatic N) is 2. The molecule has 0 atom stereocenters. The van der Waals surface area contributed by atoms with Crippen molar-refractivity contribution in [3.63, 3.8) is 0 Å². The van der Waals surface area contributed by atoms with E-state index in [9.17, 15) is 0 Å². The minimum Gasteiger partial charge on any atom is -0.331 e. The molecule has 1 N–H and O–H groups in total. The summed E-state index contributed by atoms with van der Waals surface area (Å²) in [5.74, 6) is 0.990. The van der Waals surface area contributed by atoms with Gasteiger partial charge in [-0.05, 0) is 31.2 Å². The molecule has 0 amide bonds. The summed E-state index contributed by atoms with van der Waals surface area (Å²) in [5, 5.41) is 3.92. The van der Waals surface area contributed by atoms with Gasteiger partial charge in [-0.25, -0.2) is 4.98 Å². The van der Waals surface area contributed by atoms with Gasteiger partial charge in [0.15, 0.2) is 0 Å². The third kappa shape index (κ3) is 2.74. The molecular formula is C14H18ClN3. The quantitative estimate of drug-likeness (QED) is 0.897. The topological polar surface area (TPSA) is 29.9 Å². The minimum atomic E-state index is 0.746. The standard InChI is InChI=1S/C14H18ClN3/c1-3-7-18-8-6-17-14(18)13-9-12(15)5-4-11(13)10-16-2/h4-6,8-9,16H,3,7,10H2,1-2H3. The van der Waals surface area contributed by atoms with E-state index in [4.69, 9.17) is 11.6 Å². The Morgan fingerprint density at radius 2 is 2.22 bits per heavy atom. The van der Waals surface area contributed by atoms with Crippen molar-refractivity contribution in [3.05, 3.63) is 41.2 Å². The van der Waals surface area contributed by atoms with Gasteiger partial charge < -0.3 is 9.88 Å². The fourth-order valence-electron chi connectivity index (χ4n) is 2.08. The molecule has 2 aromatic rings. The Kier molecular flexibility index (Phi) is 4.39. The van der Waals surface area contributed by atoms with Crippen molar-refractivity contribution in [2.24, 2.45) is 0 Å². The fourth-order valence-corrected chi connectivity index (χ4v) is 2.25. The second kappa shape index (κ2) is 6.03. The fraction of sp³-hybridized carbons (Fsp3) is 0.357. The van der Waals surface area contributed by atoms with Crippen molar-refractivity contribution < 1.29 is 0 Å². The van der Waals surface area contributed by atoms with E-state index in [1.165, 1.54) is 5.56 Å². The Hall–Kier alpha value is -1.32. The van der Waals surface area contributed by atoms with Crippen LogP contribution in [0, 0.1) is 0 Å². The molecule has 0 aliphatic carbocycles. The van der Waals surface area contributed by atoms with Crippen molar-refractivity contribution in [3.8, 4) is 11.4 Å². The van der Waals surface area contributed by atoms with Gasteiger partial charge in [0.1, 0.15) is 5.82 Å². The monoisotopic (exact) mass is 263 g/mol. The highest BCUT2D eigenvalue weighted by Gasteiger charge is 2.10. The van der Waals surface area contributed by atoms with Gasteiger partial charge in [0, 0.05) is 36.1 Å². The average molecular weight is 264 g/mol. The minimum absolute atomic E-state index is 0.746. The third-order valence-corrected chi connectivity index (χ3v) is 3.10. The molecule has 0 saturated carbocycles. The van der Waals surface area contributed by atoms with Gasteiger partial charge in [0.05, 0.1) is 0 Å². The van der Waals surface area contributed by atoms with Crippen LogP contribution in [0.5, 0.6) is 0 Å². The lowest BCUT2D eigenvalue weighted by Gasteiger charge is -2.11. The molecule has 0 radical (unpaired) electrons. The first-order valence-corrected chi connectivity index (χ1v) is 6.58. The second-order valence-corrected chi connectivity index (χ2v) is 4.71. The van der Waals surface area contributed by atoms with Crippen LogP contribution in [0.15, 0.2) is 30.6 Å². The number of rotatable bonds is 5. The summed E-state index contributed by atoms with van der Waals surface area (Å²) in [6.07, 6.45) is 4.95. The van der Waals surface area contributed by atoms with E-state index >= 15 is 0 Å². The maximum Gasteiger partial charge on any atom is 0.140 e. The molecule has 1 aromatic carbocycles. The largest absolute Gasteiger partial charge is 0.331 e. The van der Waals surface area contributed by atoms with Crippen LogP contribution in [0.3, 0.4) is 0 Å². The lowest BCUT2D eigenvalue weighted by molar-refractivity contribution is 0.684.